The molecule has 0 radical (unpaired) electrons. The summed E-state index contributed by atoms with van der Waals surface area (Å²) in [5.74, 6) is 0.0405. The number of carbonyl (C=O) groups excluding carboxylic acids is 1. The quantitative estimate of drug-likeness (QED) is 0.389. The number of carbonyl (C=O) groups is 1. The van der Waals surface area contributed by atoms with Crippen molar-refractivity contribution in [2.45, 2.75) is 4.90 Å². The fourth-order valence-corrected chi connectivity index (χ4v) is 4.17. The van der Waals surface area contributed by atoms with Gasteiger partial charge in [-0.25, -0.2) is 23.1 Å². The van der Waals surface area contributed by atoms with Gasteiger partial charge in [0.25, 0.3) is 10.0 Å². The number of hydrogen-bond donors (Lipinski definition) is 2. The second-order valence-electron chi connectivity index (χ2n) is 6.69. The van der Waals surface area contributed by atoms with Gasteiger partial charge in [0.2, 0.25) is 5.91 Å². The molecular weight excluding hydrogens is 464 g/mol. The SMILES string of the molecule is O=C(/C=C/c1ccc(S(=O)(=O)Nc2ccccc2Cl)cc1)Nc1cccnc1-n1cncn1. The number of nitrogens with zero attached hydrogens (tertiary/aromatic N) is 4. The van der Waals surface area contributed by atoms with Crippen molar-refractivity contribution in [1.82, 2.24) is 19.7 Å². The van der Waals surface area contributed by atoms with Crippen LogP contribution in [0.15, 0.2) is 90.5 Å². The molecule has 0 fully saturated rings. The molecule has 4 rings (SSSR count). The van der Waals surface area contributed by atoms with E-state index in [1.165, 1.54) is 35.5 Å². The first-order valence-electron chi connectivity index (χ1n) is 9.59. The van der Waals surface area contributed by atoms with Crippen LogP contribution < -0.4 is 10.0 Å². The smallest absolute Gasteiger partial charge is 0.261 e. The van der Waals surface area contributed by atoms with Gasteiger partial charge in [0.15, 0.2) is 5.82 Å². The fraction of sp³-hybridized carbons (Fsp3) is 0. The van der Waals surface area contributed by atoms with Crippen LogP contribution in [0.1, 0.15) is 5.56 Å². The molecule has 0 bridgehead atoms. The van der Waals surface area contributed by atoms with Crippen molar-refractivity contribution in [1.29, 1.82) is 0 Å². The van der Waals surface area contributed by atoms with Crippen molar-refractivity contribution < 1.29 is 13.2 Å². The Balaban J connectivity index is 1.44. The van der Waals surface area contributed by atoms with E-state index in [0.717, 1.165) is 0 Å². The first kappa shape index (κ1) is 22.2. The number of benzene rings is 2. The van der Waals surface area contributed by atoms with Crippen LogP contribution in [0.5, 0.6) is 0 Å². The van der Waals surface area contributed by atoms with Crippen LogP contribution in [-0.4, -0.2) is 34.1 Å². The molecule has 166 valence electrons. The van der Waals surface area contributed by atoms with E-state index in [1.807, 2.05) is 0 Å². The number of halogens is 1. The Morgan fingerprint density at radius 1 is 1.00 bits per heavy atom. The maximum Gasteiger partial charge on any atom is 0.261 e. The second-order valence-corrected chi connectivity index (χ2v) is 8.78. The van der Waals surface area contributed by atoms with Gasteiger partial charge in [-0.2, -0.15) is 5.10 Å². The minimum absolute atomic E-state index is 0.0665. The van der Waals surface area contributed by atoms with E-state index in [-0.39, 0.29) is 10.8 Å². The zero-order valence-electron chi connectivity index (χ0n) is 17.0. The first-order chi connectivity index (χ1) is 15.9. The molecule has 2 N–H and O–H groups in total. The Labute approximate surface area is 194 Å². The van der Waals surface area contributed by atoms with Gasteiger partial charge in [0.05, 0.1) is 21.3 Å². The molecule has 11 heteroatoms. The molecule has 33 heavy (non-hydrogen) atoms. The lowest BCUT2D eigenvalue weighted by Crippen LogP contribution is -2.13. The van der Waals surface area contributed by atoms with Crippen LogP contribution >= 0.6 is 11.6 Å². The molecule has 0 saturated carbocycles. The van der Waals surface area contributed by atoms with E-state index in [0.29, 0.717) is 27.8 Å². The number of nitrogens with one attached hydrogen (secondary N) is 2. The lowest BCUT2D eigenvalue weighted by molar-refractivity contribution is -0.111. The summed E-state index contributed by atoms with van der Waals surface area (Å²) < 4.78 is 29.1. The molecule has 2 heterocycles. The van der Waals surface area contributed by atoms with Crippen molar-refractivity contribution >= 4 is 45.0 Å². The van der Waals surface area contributed by atoms with Crippen LogP contribution in [0.25, 0.3) is 11.9 Å². The summed E-state index contributed by atoms with van der Waals surface area (Å²) in [6, 6.07) is 16.0. The van der Waals surface area contributed by atoms with E-state index >= 15 is 0 Å². The summed E-state index contributed by atoms with van der Waals surface area (Å²) in [5.41, 5.74) is 1.40. The summed E-state index contributed by atoms with van der Waals surface area (Å²) >= 11 is 6.02. The Kier molecular flexibility index (Phi) is 6.48. The van der Waals surface area contributed by atoms with Gasteiger partial charge < -0.3 is 5.32 Å². The van der Waals surface area contributed by atoms with E-state index in [9.17, 15) is 13.2 Å². The van der Waals surface area contributed by atoms with Crippen molar-refractivity contribution in [3.8, 4) is 5.82 Å². The number of sulfonamides is 1. The van der Waals surface area contributed by atoms with Gasteiger partial charge in [0.1, 0.15) is 12.7 Å². The average molecular weight is 481 g/mol. The molecule has 1 amide bonds. The summed E-state index contributed by atoms with van der Waals surface area (Å²) in [6.45, 7) is 0. The molecule has 0 atom stereocenters. The monoisotopic (exact) mass is 480 g/mol. The van der Waals surface area contributed by atoms with E-state index in [2.05, 4.69) is 25.1 Å². The summed E-state index contributed by atoms with van der Waals surface area (Å²) in [6.07, 6.45) is 7.33. The minimum Gasteiger partial charge on any atom is -0.319 e. The van der Waals surface area contributed by atoms with Crippen LogP contribution in [0.4, 0.5) is 11.4 Å². The van der Waals surface area contributed by atoms with Crippen LogP contribution in [-0.2, 0) is 14.8 Å². The summed E-state index contributed by atoms with van der Waals surface area (Å²) in [5, 5.41) is 7.06. The predicted molar refractivity (Wildman–Crippen MR) is 126 cm³/mol. The highest BCUT2D eigenvalue weighted by Crippen LogP contribution is 2.24. The summed E-state index contributed by atoms with van der Waals surface area (Å²) in [7, 11) is -3.81. The molecular formula is C22H17ClN6O3S. The Morgan fingerprint density at radius 2 is 1.76 bits per heavy atom. The number of aromatic nitrogens is 4. The number of pyridine rings is 1. The van der Waals surface area contributed by atoms with Gasteiger partial charge in [-0.3, -0.25) is 9.52 Å². The number of rotatable bonds is 7. The maximum absolute atomic E-state index is 12.6. The van der Waals surface area contributed by atoms with Gasteiger partial charge in [0, 0.05) is 12.3 Å². The number of hydrogen-bond acceptors (Lipinski definition) is 6. The van der Waals surface area contributed by atoms with Gasteiger partial charge in [-0.05, 0) is 48.0 Å². The first-order valence-corrected chi connectivity index (χ1v) is 11.4. The highest BCUT2D eigenvalue weighted by molar-refractivity contribution is 7.92. The standard InChI is InChI=1S/C22H17ClN6O3S/c23-18-4-1-2-5-19(18)28-33(31,32)17-10-7-16(8-11-17)9-12-21(30)27-20-6-3-13-25-22(20)29-15-24-14-26-29/h1-15,28H,(H,27,30)/b12-9+. The lowest BCUT2D eigenvalue weighted by atomic mass is 10.2. The molecule has 0 aliphatic carbocycles. The molecule has 2 aromatic carbocycles. The second kappa shape index (κ2) is 9.63. The molecule has 0 aliphatic rings. The van der Waals surface area contributed by atoms with E-state index < -0.39 is 10.0 Å². The van der Waals surface area contributed by atoms with Crippen LogP contribution in [0.3, 0.4) is 0 Å². The Morgan fingerprint density at radius 3 is 2.48 bits per heavy atom. The van der Waals surface area contributed by atoms with Gasteiger partial charge in [-0.15, -0.1) is 0 Å². The third-order valence-corrected chi connectivity index (χ3v) is 6.13. The molecule has 0 spiro atoms. The zero-order chi connectivity index (χ0) is 23.3. The normalized spacial score (nSPS) is 11.4. The highest BCUT2D eigenvalue weighted by Gasteiger charge is 2.15. The van der Waals surface area contributed by atoms with E-state index in [4.69, 9.17) is 11.6 Å². The van der Waals surface area contributed by atoms with Gasteiger partial charge in [-0.1, -0.05) is 35.9 Å². The zero-order valence-corrected chi connectivity index (χ0v) is 18.5. The number of anilines is 2. The predicted octanol–water partition coefficient (Wildman–Crippen LogP) is 3.77. The lowest BCUT2D eigenvalue weighted by Gasteiger charge is -2.09. The third kappa shape index (κ3) is 5.43. The van der Waals surface area contributed by atoms with Crippen LogP contribution in [0, 0.1) is 0 Å². The molecule has 4 aromatic rings. The van der Waals surface area contributed by atoms with Crippen LogP contribution in [0.2, 0.25) is 5.02 Å². The molecule has 0 saturated heterocycles. The van der Waals surface area contributed by atoms with Crippen molar-refractivity contribution in [3.63, 3.8) is 0 Å². The van der Waals surface area contributed by atoms with Crippen molar-refractivity contribution in [3.05, 3.63) is 96.2 Å². The Bertz CT molecular complexity index is 1400. The van der Waals surface area contributed by atoms with Crippen molar-refractivity contribution in [2.24, 2.45) is 0 Å². The minimum atomic E-state index is -3.81. The maximum atomic E-state index is 12.6. The van der Waals surface area contributed by atoms with E-state index in [1.54, 1.807) is 60.8 Å². The third-order valence-electron chi connectivity index (χ3n) is 4.42. The molecule has 0 aliphatic heterocycles. The van der Waals surface area contributed by atoms with Crippen molar-refractivity contribution in [2.75, 3.05) is 10.0 Å². The number of amides is 1. The molecule has 0 unspecified atom stereocenters. The topological polar surface area (TPSA) is 119 Å². The highest BCUT2D eigenvalue weighted by atomic mass is 35.5. The van der Waals surface area contributed by atoms with Gasteiger partial charge >= 0.3 is 0 Å². The molecule has 2 aromatic heterocycles. The number of para-hydroxylation sites is 1. The fourth-order valence-electron chi connectivity index (χ4n) is 2.85. The largest absolute Gasteiger partial charge is 0.319 e. The molecule has 9 nitrogen and oxygen atoms in total. The average Bonchev–Trinajstić information content (AvgIpc) is 3.35. The summed E-state index contributed by atoms with van der Waals surface area (Å²) in [4.78, 5) is 20.5. The Hall–Kier alpha value is -4.02.